The van der Waals surface area contributed by atoms with Gasteiger partial charge in [0.15, 0.2) is 0 Å². The van der Waals surface area contributed by atoms with Crippen LogP contribution in [-0.2, 0) is 6.54 Å². The van der Waals surface area contributed by atoms with E-state index < -0.39 is 0 Å². The molecule has 2 rings (SSSR count). The minimum absolute atomic E-state index is 0.219. The molecule has 1 atom stereocenters. The van der Waals surface area contributed by atoms with E-state index in [1.807, 2.05) is 29.9 Å². The van der Waals surface area contributed by atoms with Crippen LogP contribution >= 0.6 is 50.9 Å². The van der Waals surface area contributed by atoms with Gasteiger partial charge >= 0.3 is 0 Å². The van der Waals surface area contributed by atoms with E-state index in [1.165, 1.54) is 0 Å². The van der Waals surface area contributed by atoms with E-state index in [-0.39, 0.29) is 4.83 Å². The zero-order chi connectivity index (χ0) is 13.8. The van der Waals surface area contributed by atoms with Crippen molar-refractivity contribution in [2.45, 2.75) is 23.2 Å². The van der Waals surface area contributed by atoms with Crippen molar-refractivity contribution < 1.29 is 0 Å². The fourth-order valence-corrected chi connectivity index (χ4v) is 3.08. The average Bonchev–Trinajstić information content (AvgIpc) is 2.82. The minimum atomic E-state index is 0.219. The third-order valence-electron chi connectivity index (χ3n) is 2.44. The molecule has 0 aliphatic rings. The van der Waals surface area contributed by atoms with E-state index in [0.29, 0.717) is 5.02 Å². The Morgan fingerprint density at radius 2 is 2.21 bits per heavy atom. The molecule has 0 fully saturated rings. The summed E-state index contributed by atoms with van der Waals surface area (Å²) >= 11 is 17.2. The summed E-state index contributed by atoms with van der Waals surface area (Å²) in [7, 11) is 0. The number of hydrogen-bond donors (Lipinski definition) is 0. The van der Waals surface area contributed by atoms with Crippen LogP contribution in [0.25, 0.3) is 0 Å². The Labute approximate surface area is 134 Å². The lowest BCUT2D eigenvalue weighted by Gasteiger charge is -2.04. The maximum Gasteiger partial charge on any atom is 0.0960 e. The van der Waals surface area contributed by atoms with Crippen LogP contribution in [0.15, 0.2) is 29.3 Å². The lowest BCUT2D eigenvalue weighted by molar-refractivity contribution is 0.632. The van der Waals surface area contributed by atoms with E-state index in [9.17, 15) is 0 Å². The first-order chi connectivity index (χ1) is 9.06. The van der Waals surface area contributed by atoms with Crippen LogP contribution in [0.1, 0.15) is 17.4 Å². The maximum absolute atomic E-state index is 6.10. The molecule has 0 saturated carbocycles. The molecule has 1 heterocycles. The number of benzene rings is 1. The topological polar surface area (TPSA) is 30.7 Å². The highest BCUT2D eigenvalue weighted by Gasteiger charge is 2.07. The lowest BCUT2D eigenvalue weighted by atomic mass is 10.4. The predicted octanol–water partition coefficient (Wildman–Crippen LogP) is 4.83. The van der Waals surface area contributed by atoms with Crippen LogP contribution in [0, 0.1) is 0 Å². The standard InChI is InChI=1S/C12H12BrCl2N3S/c1-8(13)11-7-18(17-16-11)4-5-19-12-6-9(14)2-3-10(12)15/h2-3,6-8H,4-5H2,1H3. The van der Waals surface area contributed by atoms with E-state index in [0.717, 1.165) is 27.9 Å². The average molecular weight is 381 g/mol. The van der Waals surface area contributed by atoms with Gasteiger partial charge in [-0.15, -0.1) is 16.9 Å². The summed E-state index contributed by atoms with van der Waals surface area (Å²) in [5, 5.41) is 9.58. The quantitative estimate of drug-likeness (QED) is 0.549. The van der Waals surface area contributed by atoms with Gasteiger partial charge in [-0.2, -0.15) is 0 Å². The number of halogens is 3. The van der Waals surface area contributed by atoms with Crippen molar-refractivity contribution in [3.8, 4) is 0 Å². The number of rotatable bonds is 5. The Morgan fingerprint density at radius 1 is 1.42 bits per heavy atom. The van der Waals surface area contributed by atoms with Crippen molar-refractivity contribution in [2.75, 3.05) is 5.75 Å². The second-order valence-electron chi connectivity index (χ2n) is 3.95. The smallest absolute Gasteiger partial charge is 0.0960 e. The molecule has 1 aromatic heterocycles. The van der Waals surface area contributed by atoms with Gasteiger partial charge in [-0.25, -0.2) is 0 Å². The van der Waals surface area contributed by atoms with Crippen molar-refractivity contribution in [2.24, 2.45) is 0 Å². The predicted molar refractivity (Wildman–Crippen MR) is 84.6 cm³/mol. The molecule has 7 heteroatoms. The number of aromatic nitrogens is 3. The minimum Gasteiger partial charge on any atom is -0.251 e. The van der Waals surface area contributed by atoms with Gasteiger partial charge in [-0.05, 0) is 25.1 Å². The molecule has 1 unspecified atom stereocenters. The van der Waals surface area contributed by atoms with E-state index in [1.54, 1.807) is 17.8 Å². The van der Waals surface area contributed by atoms with E-state index in [4.69, 9.17) is 23.2 Å². The summed E-state index contributed by atoms with van der Waals surface area (Å²) in [6.45, 7) is 2.80. The molecule has 0 aliphatic carbocycles. The van der Waals surface area contributed by atoms with Gasteiger partial charge in [-0.3, -0.25) is 4.68 Å². The van der Waals surface area contributed by atoms with Crippen molar-refractivity contribution >= 4 is 50.9 Å². The first-order valence-corrected chi connectivity index (χ1v) is 8.34. The number of hydrogen-bond acceptors (Lipinski definition) is 3. The second-order valence-corrected chi connectivity index (χ2v) is 7.30. The Morgan fingerprint density at radius 3 is 2.89 bits per heavy atom. The van der Waals surface area contributed by atoms with Crippen LogP contribution in [0.3, 0.4) is 0 Å². The third kappa shape index (κ3) is 4.38. The molecule has 2 aromatic rings. The molecule has 0 saturated heterocycles. The number of alkyl halides is 1. The molecule has 0 radical (unpaired) electrons. The van der Waals surface area contributed by atoms with Crippen molar-refractivity contribution in [3.63, 3.8) is 0 Å². The first kappa shape index (κ1) is 15.2. The number of nitrogens with zero attached hydrogens (tertiary/aromatic N) is 3. The molecule has 0 N–H and O–H groups in total. The molecule has 102 valence electrons. The molecular formula is C12H12BrCl2N3S. The normalized spacial score (nSPS) is 12.6. The Balaban J connectivity index is 1.90. The van der Waals surface area contributed by atoms with Crippen molar-refractivity contribution in [1.29, 1.82) is 0 Å². The second kappa shape index (κ2) is 6.97. The number of thioether (sulfide) groups is 1. The molecule has 0 bridgehead atoms. The summed E-state index contributed by atoms with van der Waals surface area (Å²) < 4.78 is 1.83. The Kier molecular flexibility index (Phi) is 5.57. The Bertz CT molecular complexity index is 560. The summed E-state index contributed by atoms with van der Waals surface area (Å²) in [6.07, 6.45) is 1.94. The molecular weight excluding hydrogens is 369 g/mol. The van der Waals surface area contributed by atoms with Gasteiger partial charge in [0.05, 0.1) is 22.1 Å². The van der Waals surface area contributed by atoms with Crippen molar-refractivity contribution in [3.05, 3.63) is 40.1 Å². The third-order valence-corrected chi connectivity index (χ3v) is 4.62. The van der Waals surface area contributed by atoms with Gasteiger partial charge in [0.1, 0.15) is 0 Å². The summed E-state index contributed by atoms with van der Waals surface area (Å²) in [5.74, 6) is 0.861. The largest absolute Gasteiger partial charge is 0.251 e. The molecule has 0 amide bonds. The fraction of sp³-hybridized carbons (Fsp3) is 0.333. The van der Waals surface area contributed by atoms with Crippen LogP contribution in [-0.4, -0.2) is 20.7 Å². The van der Waals surface area contributed by atoms with Crippen molar-refractivity contribution in [1.82, 2.24) is 15.0 Å². The van der Waals surface area contributed by atoms with Crippen LogP contribution < -0.4 is 0 Å². The van der Waals surface area contributed by atoms with Gasteiger partial charge in [-0.1, -0.05) is 44.3 Å². The lowest BCUT2D eigenvalue weighted by Crippen LogP contribution is -2.01. The summed E-state index contributed by atoms with van der Waals surface area (Å²) in [4.78, 5) is 1.21. The van der Waals surface area contributed by atoms with E-state index >= 15 is 0 Å². The van der Waals surface area contributed by atoms with Gasteiger partial charge < -0.3 is 0 Å². The molecule has 1 aromatic carbocycles. The highest BCUT2D eigenvalue weighted by Crippen LogP contribution is 2.29. The molecule has 0 spiro atoms. The summed E-state index contributed by atoms with van der Waals surface area (Å²) in [5.41, 5.74) is 0.936. The maximum atomic E-state index is 6.10. The zero-order valence-electron chi connectivity index (χ0n) is 10.2. The zero-order valence-corrected chi connectivity index (χ0v) is 14.1. The van der Waals surface area contributed by atoms with Gasteiger partial charge in [0.25, 0.3) is 0 Å². The van der Waals surface area contributed by atoms with Crippen LogP contribution in [0.5, 0.6) is 0 Å². The summed E-state index contributed by atoms with van der Waals surface area (Å²) in [6, 6.07) is 5.48. The highest BCUT2D eigenvalue weighted by molar-refractivity contribution is 9.09. The molecule has 19 heavy (non-hydrogen) atoms. The fourth-order valence-electron chi connectivity index (χ4n) is 1.44. The molecule has 3 nitrogen and oxygen atoms in total. The first-order valence-electron chi connectivity index (χ1n) is 5.68. The van der Waals surface area contributed by atoms with Crippen LogP contribution in [0.4, 0.5) is 0 Å². The number of aryl methyl sites for hydroxylation is 1. The monoisotopic (exact) mass is 379 g/mol. The Hall–Kier alpha value is -0.230. The van der Waals surface area contributed by atoms with Gasteiger partial charge in [0.2, 0.25) is 0 Å². The SMILES string of the molecule is CC(Br)c1cn(CCSc2cc(Cl)ccc2Cl)nn1. The highest BCUT2D eigenvalue weighted by atomic mass is 79.9. The van der Waals surface area contributed by atoms with Gasteiger partial charge in [0, 0.05) is 21.9 Å². The van der Waals surface area contributed by atoms with Crippen LogP contribution in [0.2, 0.25) is 10.0 Å². The van der Waals surface area contributed by atoms with E-state index in [2.05, 4.69) is 26.2 Å². The molecule has 0 aliphatic heterocycles.